The van der Waals surface area contributed by atoms with Gasteiger partial charge >= 0.3 is 0 Å². The average Bonchev–Trinajstić information content (AvgIpc) is 0. The van der Waals surface area contributed by atoms with Crippen LogP contribution in [0.1, 0.15) is 0 Å². The van der Waals surface area contributed by atoms with Gasteiger partial charge in [0.15, 0.2) is 0 Å². The SMILES string of the molecule is [Ni].[Ni].[Ni].[Ni].[Ni].[Ni].[Ni].[Sm].[Sm]. The standard InChI is InChI=1S/7Ni.2Sm. The summed E-state index contributed by atoms with van der Waals surface area (Å²) in [6.45, 7) is 0. The maximum atomic E-state index is 0. The first-order valence-electron chi connectivity index (χ1n) is 0. The van der Waals surface area contributed by atoms with Crippen LogP contribution in [-0.2, 0) is 115 Å². The van der Waals surface area contributed by atoms with E-state index in [0.717, 1.165) is 0 Å². The summed E-state index contributed by atoms with van der Waals surface area (Å²) >= 11 is 0. The van der Waals surface area contributed by atoms with Crippen LogP contribution in [0.3, 0.4) is 0 Å². The van der Waals surface area contributed by atoms with Gasteiger partial charge in [-0.3, -0.25) is 0 Å². The van der Waals surface area contributed by atoms with Crippen LogP contribution >= 0.6 is 0 Å². The Morgan fingerprint density at radius 2 is 0.222 bits per heavy atom. The molecule has 0 spiro atoms. The van der Waals surface area contributed by atoms with Gasteiger partial charge in [-0.25, -0.2) is 0 Å². The largest absolute Gasteiger partial charge is 0 e. The zero-order valence-electron chi connectivity index (χ0n) is 3.03. The minimum Gasteiger partial charge on any atom is 0 e. The molecular formula is Ni7Sm2. The molecule has 0 heterocycles. The van der Waals surface area contributed by atoms with Gasteiger partial charge in [-0.2, -0.15) is 0 Å². The van der Waals surface area contributed by atoms with Crippen LogP contribution < -0.4 is 0 Å². The fourth-order valence-corrected chi connectivity index (χ4v) is 0. The van der Waals surface area contributed by atoms with Crippen molar-refractivity contribution in [2.45, 2.75) is 0 Å². The second-order valence-electron chi connectivity index (χ2n) is 0. The molecule has 0 aromatic heterocycles. The molecule has 0 atom stereocenters. The van der Waals surface area contributed by atoms with E-state index in [4.69, 9.17) is 0 Å². The van der Waals surface area contributed by atoms with E-state index in [1.54, 1.807) is 0 Å². The third-order valence-electron chi connectivity index (χ3n) is 0. The van der Waals surface area contributed by atoms with Crippen LogP contribution in [0.15, 0.2) is 0 Å². The molecule has 0 saturated heterocycles. The summed E-state index contributed by atoms with van der Waals surface area (Å²) in [5.41, 5.74) is 0. The Labute approximate surface area is 191 Å². The second kappa shape index (κ2) is 64.8. The third-order valence-corrected chi connectivity index (χ3v) is 0. The van der Waals surface area contributed by atoms with Crippen LogP contribution in [0.5, 0.6) is 0 Å². The van der Waals surface area contributed by atoms with Crippen molar-refractivity contribution >= 4 is 0 Å². The molecule has 0 N–H and O–H groups in total. The van der Waals surface area contributed by atoms with Crippen molar-refractivity contribution in [3.63, 3.8) is 0 Å². The fraction of sp³-hybridized carbons (Fsp3) is 0. The van der Waals surface area contributed by atoms with E-state index in [1.807, 2.05) is 0 Å². The summed E-state index contributed by atoms with van der Waals surface area (Å²) < 4.78 is 0. The van der Waals surface area contributed by atoms with Crippen molar-refractivity contribution in [3.8, 4) is 0 Å². The van der Waals surface area contributed by atoms with Gasteiger partial charge in [0, 0.05) is 196 Å². The van der Waals surface area contributed by atoms with Crippen LogP contribution in [0.25, 0.3) is 0 Å². The van der Waals surface area contributed by atoms with Crippen LogP contribution in [0.2, 0.25) is 0 Å². The van der Waals surface area contributed by atoms with E-state index in [-0.39, 0.29) is 196 Å². The quantitative estimate of drug-likeness (QED) is 0.311. The van der Waals surface area contributed by atoms with Crippen molar-refractivity contribution < 1.29 is 196 Å². The number of hydrogen-bond acceptors (Lipinski definition) is 0. The molecule has 0 aliphatic heterocycles. The molecule has 0 saturated carbocycles. The molecule has 0 unspecified atom stereocenters. The number of rotatable bonds is 0. The first-order valence-corrected chi connectivity index (χ1v) is 0. The molecule has 82 valence electrons. The van der Waals surface area contributed by atoms with E-state index >= 15 is 0 Å². The molecular weight excluding hydrogens is 712 g/mol. The zero-order chi connectivity index (χ0) is 0. The minimum atomic E-state index is 0. The molecule has 0 bridgehead atoms. The summed E-state index contributed by atoms with van der Waals surface area (Å²) in [6.07, 6.45) is 0. The second-order valence-corrected chi connectivity index (χ2v) is 0. The fourth-order valence-electron chi connectivity index (χ4n) is 0. The molecule has 0 aromatic carbocycles. The summed E-state index contributed by atoms with van der Waals surface area (Å²) in [4.78, 5) is 0. The van der Waals surface area contributed by atoms with Crippen molar-refractivity contribution in [2.75, 3.05) is 0 Å². The van der Waals surface area contributed by atoms with E-state index in [9.17, 15) is 0 Å². The van der Waals surface area contributed by atoms with E-state index in [1.165, 1.54) is 0 Å². The van der Waals surface area contributed by atoms with Crippen molar-refractivity contribution in [2.24, 2.45) is 0 Å². The molecule has 0 fully saturated rings. The predicted molar refractivity (Wildman–Crippen MR) is 0 cm³/mol. The van der Waals surface area contributed by atoms with E-state index in [2.05, 4.69) is 0 Å². The maximum Gasteiger partial charge on any atom is 0 e. The van der Waals surface area contributed by atoms with Gasteiger partial charge in [0.25, 0.3) is 0 Å². The molecule has 0 nitrogen and oxygen atoms in total. The molecule has 0 amide bonds. The van der Waals surface area contributed by atoms with Crippen molar-refractivity contribution in [1.29, 1.82) is 0 Å². The predicted octanol–water partition coefficient (Wildman–Crippen LogP) is -0.0175. The Kier molecular flexibility index (Phi) is 579. The Morgan fingerprint density at radius 1 is 0.222 bits per heavy atom. The van der Waals surface area contributed by atoms with Crippen molar-refractivity contribution in [3.05, 3.63) is 0 Å². The molecule has 9 heavy (non-hydrogen) atoms. The molecule has 9 heteroatoms. The summed E-state index contributed by atoms with van der Waals surface area (Å²) in [5, 5.41) is 0. The van der Waals surface area contributed by atoms with Gasteiger partial charge < -0.3 is 0 Å². The van der Waals surface area contributed by atoms with Gasteiger partial charge in [0.1, 0.15) is 0 Å². The van der Waals surface area contributed by atoms with Gasteiger partial charge in [0.05, 0.1) is 0 Å². The third kappa shape index (κ3) is 55.3. The first-order chi connectivity index (χ1) is 0. The summed E-state index contributed by atoms with van der Waals surface area (Å²) in [5.74, 6) is 0. The smallest absolute Gasteiger partial charge is 0 e. The molecule has 0 radical (unpaired) electrons. The molecule has 0 aromatic rings. The van der Waals surface area contributed by atoms with Gasteiger partial charge in [-0.05, 0) is 0 Å². The topological polar surface area (TPSA) is 0 Å². The Balaban J connectivity index is 0. The Morgan fingerprint density at radius 3 is 0.222 bits per heavy atom. The summed E-state index contributed by atoms with van der Waals surface area (Å²) in [6, 6.07) is 0. The Hall–Kier alpha value is 6.13. The average molecular weight is 712 g/mol. The molecule has 0 rings (SSSR count). The van der Waals surface area contributed by atoms with Gasteiger partial charge in [-0.15, -0.1) is 0 Å². The summed E-state index contributed by atoms with van der Waals surface area (Å²) in [7, 11) is 0. The minimum absolute atomic E-state index is 0. The molecule has 0 aliphatic carbocycles. The van der Waals surface area contributed by atoms with Gasteiger partial charge in [-0.1, -0.05) is 0 Å². The molecule has 0 aliphatic rings. The monoisotopic (exact) mass is 709 g/mol. The first kappa shape index (κ1) is 80.4. The number of hydrogen-bond donors (Lipinski definition) is 0. The van der Waals surface area contributed by atoms with Crippen molar-refractivity contribution in [1.82, 2.24) is 0 Å². The van der Waals surface area contributed by atoms with Crippen LogP contribution in [-0.4, -0.2) is 0 Å². The van der Waals surface area contributed by atoms with Gasteiger partial charge in [0.2, 0.25) is 0 Å². The zero-order valence-corrected chi connectivity index (χ0v) is 15.2. The normalized spacial score (nSPS) is 0. The van der Waals surface area contributed by atoms with Crippen LogP contribution in [0, 0.1) is 80.8 Å². The Bertz CT molecular complexity index is 6.88. The van der Waals surface area contributed by atoms with Crippen LogP contribution in [0.4, 0.5) is 0 Å². The van der Waals surface area contributed by atoms with E-state index < -0.39 is 0 Å². The van der Waals surface area contributed by atoms with E-state index in [0.29, 0.717) is 0 Å². The maximum absolute atomic E-state index is 0.